The Bertz CT molecular complexity index is 324. The van der Waals surface area contributed by atoms with Crippen LogP contribution < -0.4 is 5.48 Å². The maximum Gasteiger partial charge on any atom is 0.266 e. The number of nitrogens with one attached hydrogen (secondary N) is 1. The SMILES string of the molecule is CC.CC.CC.CC.CC.O=CN1CCCCC1.O=CN1CCCCC1C(=O)NO. The number of hydrogen-bond acceptors (Lipinski definition) is 4. The van der Waals surface area contributed by atoms with Gasteiger partial charge in [0.2, 0.25) is 12.8 Å². The number of carbonyl (C=O) groups is 3. The number of piperidine rings is 2. The Morgan fingerprint density at radius 3 is 1.50 bits per heavy atom. The van der Waals surface area contributed by atoms with E-state index >= 15 is 0 Å². The molecule has 1 atom stereocenters. The Hall–Kier alpha value is -1.63. The number of likely N-dealkylation sites (tertiary alicyclic amines) is 2. The van der Waals surface area contributed by atoms with Crippen molar-refractivity contribution in [1.29, 1.82) is 0 Å². The van der Waals surface area contributed by atoms with Crippen LogP contribution in [0.3, 0.4) is 0 Å². The molecule has 0 spiro atoms. The molecule has 1 unspecified atom stereocenters. The van der Waals surface area contributed by atoms with Crippen molar-refractivity contribution in [3.8, 4) is 0 Å². The number of amides is 3. The minimum Gasteiger partial charge on any atom is -0.345 e. The molecule has 7 heteroatoms. The first-order chi connectivity index (χ1) is 14.7. The molecule has 184 valence electrons. The van der Waals surface area contributed by atoms with Crippen LogP contribution in [-0.2, 0) is 14.4 Å². The molecule has 0 radical (unpaired) electrons. The van der Waals surface area contributed by atoms with Crippen LogP contribution in [0.1, 0.15) is 108 Å². The third-order valence-electron chi connectivity index (χ3n) is 3.63. The first kappa shape index (κ1) is 38.9. The summed E-state index contributed by atoms with van der Waals surface area (Å²) in [5.74, 6) is -0.498. The van der Waals surface area contributed by atoms with Crippen LogP contribution in [-0.4, -0.2) is 59.4 Å². The molecule has 0 bridgehead atoms. The minimum atomic E-state index is -0.498. The fraction of sp³-hybridized carbons (Fsp3) is 0.870. The Kier molecular flexibility index (Phi) is 49.3. The summed E-state index contributed by atoms with van der Waals surface area (Å²) >= 11 is 0. The first-order valence-corrected chi connectivity index (χ1v) is 12.1. The van der Waals surface area contributed by atoms with Crippen molar-refractivity contribution in [2.45, 2.75) is 114 Å². The smallest absolute Gasteiger partial charge is 0.266 e. The molecule has 0 aromatic rings. The van der Waals surface area contributed by atoms with Crippen LogP contribution in [0.15, 0.2) is 0 Å². The zero-order chi connectivity index (χ0) is 24.8. The summed E-state index contributed by atoms with van der Waals surface area (Å²) in [6.07, 6.45) is 7.75. The van der Waals surface area contributed by atoms with Gasteiger partial charge in [-0.2, -0.15) is 0 Å². The molecule has 7 nitrogen and oxygen atoms in total. The number of hydrogen-bond donors (Lipinski definition) is 2. The van der Waals surface area contributed by atoms with Crippen LogP contribution in [0, 0.1) is 0 Å². The summed E-state index contributed by atoms with van der Waals surface area (Å²) in [4.78, 5) is 34.8. The Morgan fingerprint density at radius 2 is 1.17 bits per heavy atom. The van der Waals surface area contributed by atoms with Crippen LogP contribution in [0.25, 0.3) is 0 Å². The molecular formula is C23H53N3O4. The average molecular weight is 436 g/mol. The predicted octanol–water partition coefficient (Wildman–Crippen LogP) is 5.26. The Labute approximate surface area is 187 Å². The molecule has 2 aliphatic heterocycles. The van der Waals surface area contributed by atoms with Gasteiger partial charge in [0.05, 0.1) is 0 Å². The van der Waals surface area contributed by atoms with E-state index in [1.165, 1.54) is 24.2 Å². The van der Waals surface area contributed by atoms with Gasteiger partial charge in [-0.1, -0.05) is 69.2 Å². The molecule has 2 rings (SSSR count). The maximum atomic E-state index is 11.0. The molecule has 2 N–H and O–H groups in total. The molecule has 2 heterocycles. The lowest BCUT2D eigenvalue weighted by molar-refractivity contribution is -0.140. The molecule has 3 amide bonds. The van der Waals surface area contributed by atoms with Gasteiger partial charge >= 0.3 is 0 Å². The molecular weight excluding hydrogens is 382 g/mol. The standard InChI is InChI=1S/C7H12N2O3.C6H11NO.5C2H6/c10-5-9-4-2-1-3-6(9)7(11)8-12;8-6-7-4-2-1-3-5-7;5*1-2/h5-6,12H,1-4H2,(H,8,11);6H,1-5H2;5*1-2H3. The average Bonchev–Trinajstić information content (AvgIpc) is 2.90. The quantitative estimate of drug-likeness (QED) is 0.359. The van der Waals surface area contributed by atoms with Gasteiger partial charge in [-0.3, -0.25) is 19.6 Å². The summed E-state index contributed by atoms with van der Waals surface area (Å²) in [5.41, 5.74) is 1.56. The highest BCUT2D eigenvalue weighted by Gasteiger charge is 2.26. The fourth-order valence-corrected chi connectivity index (χ4v) is 2.46. The van der Waals surface area contributed by atoms with Gasteiger partial charge in [-0.05, 0) is 38.5 Å². The third-order valence-corrected chi connectivity index (χ3v) is 3.63. The second-order valence-corrected chi connectivity index (χ2v) is 5.03. The van der Waals surface area contributed by atoms with Crippen molar-refractivity contribution in [2.75, 3.05) is 19.6 Å². The van der Waals surface area contributed by atoms with E-state index < -0.39 is 11.9 Å². The van der Waals surface area contributed by atoms with E-state index in [2.05, 4.69) is 0 Å². The number of rotatable bonds is 3. The summed E-state index contributed by atoms with van der Waals surface area (Å²) < 4.78 is 0. The van der Waals surface area contributed by atoms with Crippen molar-refractivity contribution >= 4 is 18.7 Å². The highest BCUT2D eigenvalue weighted by molar-refractivity contribution is 5.82. The molecule has 0 aromatic carbocycles. The van der Waals surface area contributed by atoms with Gasteiger partial charge in [0.15, 0.2) is 0 Å². The van der Waals surface area contributed by atoms with E-state index in [1.54, 1.807) is 5.48 Å². The molecule has 2 aliphatic rings. The summed E-state index contributed by atoms with van der Waals surface area (Å²) in [6.45, 7) is 22.6. The van der Waals surface area contributed by atoms with E-state index in [4.69, 9.17) is 5.21 Å². The summed E-state index contributed by atoms with van der Waals surface area (Å²) in [7, 11) is 0. The van der Waals surface area contributed by atoms with E-state index in [-0.39, 0.29) is 0 Å². The topological polar surface area (TPSA) is 90.0 Å². The monoisotopic (exact) mass is 435 g/mol. The lowest BCUT2D eigenvalue weighted by Gasteiger charge is -2.30. The normalized spacial score (nSPS) is 15.9. The van der Waals surface area contributed by atoms with Crippen molar-refractivity contribution in [1.82, 2.24) is 15.3 Å². The Morgan fingerprint density at radius 1 is 0.733 bits per heavy atom. The highest BCUT2D eigenvalue weighted by Crippen LogP contribution is 2.14. The van der Waals surface area contributed by atoms with Crippen molar-refractivity contribution in [3.05, 3.63) is 0 Å². The molecule has 0 aliphatic carbocycles. The van der Waals surface area contributed by atoms with Gasteiger partial charge in [0.1, 0.15) is 6.04 Å². The van der Waals surface area contributed by atoms with Crippen molar-refractivity contribution in [3.63, 3.8) is 0 Å². The second kappa shape index (κ2) is 38.0. The van der Waals surface area contributed by atoms with Gasteiger partial charge in [0, 0.05) is 19.6 Å². The van der Waals surface area contributed by atoms with E-state index in [0.29, 0.717) is 19.4 Å². The molecule has 30 heavy (non-hydrogen) atoms. The van der Waals surface area contributed by atoms with Gasteiger partial charge in [-0.15, -0.1) is 0 Å². The largest absolute Gasteiger partial charge is 0.345 e. The molecule has 2 saturated heterocycles. The van der Waals surface area contributed by atoms with Crippen LogP contribution in [0.5, 0.6) is 0 Å². The zero-order valence-electron chi connectivity index (χ0n) is 21.7. The minimum absolute atomic E-state index is 0.485. The first-order valence-electron chi connectivity index (χ1n) is 12.1. The second-order valence-electron chi connectivity index (χ2n) is 5.03. The van der Waals surface area contributed by atoms with Crippen molar-refractivity contribution < 1.29 is 19.6 Å². The summed E-state index contributed by atoms with van der Waals surface area (Å²) in [5, 5.41) is 8.36. The summed E-state index contributed by atoms with van der Waals surface area (Å²) in [6, 6.07) is -0.485. The number of nitrogens with zero attached hydrogens (tertiary/aromatic N) is 2. The maximum absolute atomic E-state index is 11.0. The lowest BCUT2D eigenvalue weighted by atomic mass is 10.0. The van der Waals surface area contributed by atoms with Gasteiger partial charge in [-0.25, -0.2) is 5.48 Å². The highest BCUT2D eigenvalue weighted by atomic mass is 16.5. The van der Waals surface area contributed by atoms with Crippen molar-refractivity contribution in [2.24, 2.45) is 0 Å². The molecule has 2 fully saturated rings. The molecule has 0 saturated carbocycles. The number of carbonyl (C=O) groups excluding carboxylic acids is 3. The molecule has 0 aromatic heterocycles. The van der Waals surface area contributed by atoms with E-state index in [9.17, 15) is 14.4 Å². The van der Waals surface area contributed by atoms with Crippen LogP contribution >= 0.6 is 0 Å². The fourth-order valence-electron chi connectivity index (χ4n) is 2.46. The lowest BCUT2D eigenvalue weighted by Crippen LogP contribution is -2.48. The van der Waals surface area contributed by atoms with Crippen LogP contribution in [0.2, 0.25) is 0 Å². The third kappa shape index (κ3) is 22.7. The van der Waals surface area contributed by atoms with E-state index in [1.807, 2.05) is 74.1 Å². The zero-order valence-corrected chi connectivity index (χ0v) is 21.7. The number of hydroxylamine groups is 1. The van der Waals surface area contributed by atoms with Crippen LogP contribution in [0.4, 0.5) is 0 Å². The predicted molar refractivity (Wildman–Crippen MR) is 129 cm³/mol. The van der Waals surface area contributed by atoms with Gasteiger partial charge in [0.25, 0.3) is 5.91 Å². The van der Waals surface area contributed by atoms with Gasteiger partial charge < -0.3 is 9.80 Å². The Balaban J connectivity index is -0.000000101. The van der Waals surface area contributed by atoms with E-state index in [0.717, 1.165) is 32.3 Å².